The summed E-state index contributed by atoms with van der Waals surface area (Å²) in [6, 6.07) is 10.3. The number of nitriles is 1. The summed E-state index contributed by atoms with van der Waals surface area (Å²) in [6.07, 6.45) is 1.42. The average molecular weight is 287 g/mol. The summed E-state index contributed by atoms with van der Waals surface area (Å²) in [4.78, 5) is 16.1. The van der Waals surface area contributed by atoms with Crippen molar-refractivity contribution in [2.24, 2.45) is 0 Å². The van der Waals surface area contributed by atoms with Crippen LogP contribution in [0, 0.1) is 11.3 Å². The summed E-state index contributed by atoms with van der Waals surface area (Å²) < 4.78 is 0. The van der Waals surface area contributed by atoms with Crippen LogP contribution in [-0.2, 0) is 0 Å². The molecule has 0 aliphatic carbocycles. The molecule has 0 atom stereocenters. The third kappa shape index (κ3) is 2.87. The monoisotopic (exact) mass is 286 g/mol. The van der Waals surface area contributed by atoms with Gasteiger partial charge in [0.05, 0.1) is 21.8 Å². The topological polar surface area (TPSA) is 77.8 Å². The summed E-state index contributed by atoms with van der Waals surface area (Å²) in [5.41, 5.74) is 1.17. The molecule has 1 aromatic carbocycles. The van der Waals surface area contributed by atoms with Crippen molar-refractivity contribution < 1.29 is 4.79 Å². The maximum absolute atomic E-state index is 12.1. The molecule has 1 heterocycles. The number of carbonyl (C=O) groups is 1. The Morgan fingerprint density at radius 3 is 2.80 bits per heavy atom. The first-order valence-electron chi connectivity index (χ1n) is 5.79. The maximum Gasteiger partial charge on any atom is 0.257 e. The van der Waals surface area contributed by atoms with Gasteiger partial charge in [-0.2, -0.15) is 5.26 Å². The van der Waals surface area contributed by atoms with Crippen LogP contribution < -0.4 is 10.6 Å². The number of nitrogens with one attached hydrogen (secondary N) is 2. The van der Waals surface area contributed by atoms with Crippen LogP contribution in [0.4, 0.5) is 11.5 Å². The molecule has 0 unspecified atom stereocenters. The molecule has 0 bridgehead atoms. The van der Waals surface area contributed by atoms with E-state index in [1.807, 2.05) is 6.07 Å². The fourth-order valence-corrected chi connectivity index (χ4v) is 1.89. The lowest BCUT2D eigenvalue weighted by Gasteiger charge is -2.08. The number of rotatable bonds is 3. The van der Waals surface area contributed by atoms with Crippen LogP contribution in [-0.4, -0.2) is 17.9 Å². The van der Waals surface area contributed by atoms with Gasteiger partial charge in [0.2, 0.25) is 0 Å². The lowest BCUT2D eigenvalue weighted by Crippen LogP contribution is -2.13. The van der Waals surface area contributed by atoms with Crippen molar-refractivity contribution in [3.05, 3.63) is 52.7 Å². The minimum atomic E-state index is -0.371. The fraction of sp³-hybridized carbons (Fsp3) is 0.0714. The zero-order valence-corrected chi connectivity index (χ0v) is 11.4. The molecule has 5 nitrogen and oxygen atoms in total. The lowest BCUT2D eigenvalue weighted by molar-refractivity contribution is 0.102. The number of amides is 1. The van der Waals surface area contributed by atoms with Crippen molar-refractivity contribution in [2.75, 3.05) is 17.7 Å². The first-order chi connectivity index (χ1) is 9.65. The molecular formula is C14H11ClN4O. The Kier molecular flexibility index (Phi) is 4.18. The van der Waals surface area contributed by atoms with Crippen LogP contribution >= 0.6 is 11.6 Å². The summed E-state index contributed by atoms with van der Waals surface area (Å²) >= 11 is 5.98. The van der Waals surface area contributed by atoms with Gasteiger partial charge in [0, 0.05) is 13.2 Å². The lowest BCUT2D eigenvalue weighted by atomic mass is 10.2. The number of anilines is 2. The molecule has 20 heavy (non-hydrogen) atoms. The van der Waals surface area contributed by atoms with Crippen LogP contribution in [0.1, 0.15) is 15.9 Å². The molecule has 2 rings (SSSR count). The molecule has 2 aromatic rings. The number of halogens is 1. The van der Waals surface area contributed by atoms with Crippen molar-refractivity contribution in [1.29, 1.82) is 5.26 Å². The van der Waals surface area contributed by atoms with E-state index in [2.05, 4.69) is 15.6 Å². The Bertz CT molecular complexity index is 694. The predicted octanol–water partition coefficient (Wildman–Crippen LogP) is 2.90. The number of nitrogens with zero attached hydrogens (tertiary/aromatic N) is 2. The predicted molar refractivity (Wildman–Crippen MR) is 77.9 cm³/mol. The first-order valence-corrected chi connectivity index (χ1v) is 6.17. The number of aromatic nitrogens is 1. The standard InChI is InChI=1S/C14H11ClN4O/c1-17-13-11(15)6-10(8-18-13)14(20)19-12-5-3-2-4-9(12)7-16/h2-6,8H,1H3,(H,17,18)(H,19,20). The Balaban J connectivity index is 2.25. The molecule has 0 radical (unpaired) electrons. The van der Waals surface area contributed by atoms with E-state index in [0.717, 1.165) is 0 Å². The highest BCUT2D eigenvalue weighted by molar-refractivity contribution is 6.33. The second-order valence-corrected chi connectivity index (χ2v) is 4.32. The van der Waals surface area contributed by atoms with Gasteiger partial charge in [0.1, 0.15) is 11.9 Å². The summed E-state index contributed by atoms with van der Waals surface area (Å²) in [5, 5.41) is 14.8. The van der Waals surface area contributed by atoms with Gasteiger partial charge in [-0.1, -0.05) is 23.7 Å². The van der Waals surface area contributed by atoms with Crippen molar-refractivity contribution in [1.82, 2.24) is 4.98 Å². The smallest absolute Gasteiger partial charge is 0.257 e. The van der Waals surface area contributed by atoms with E-state index >= 15 is 0 Å². The highest BCUT2D eigenvalue weighted by Crippen LogP contribution is 2.21. The molecule has 0 aliphatic heterocycles. The third-order valence-corrected chi connectivity index (χ3v) is 2.92. The molecule has 0 spiro atoms. The first kappa shape index (κ1) is 13.8. The van der Waals surface area contributed by atoms with E-state index in [0.29, 0.717) is 27.7 Å². The largest absolute Gasteiger partial charge is 0.372 e. The van der Waals surface area contributed by atoms with Crippen LogP contribution in [0.15, 0.2) is 36.5 Å². The van der Waals surface area contributed by atoms with E-state index in [1.54, 1.807) is 31.3 Å². The third-order valence-electron chi connectivity index (χ3n) is 2.64. The Hall–Kier alpha value is -2.58. The number of hydrogen-bond donors (Lipinski definition) is 2. The maximum atomic E-state index is 12.1. The summed E-state index contributed by atoms with van der Waals surface area (Å²) in [7, 11) is 1.69. The molecule has 1 amide bonds. The zero-order valence-electron chi connectivity index (χ0n) is 10.6. The Morgan fingerprint density at radius 1 is 1.40 bits per heavy atom. The molecule has 1 aromatic heterocycles. The van der Waals surface area contributed by atoms with E-state index in [9.17, 15) is 4.79 Å². The molecular weight excluding hydrogens is 276 g/mol. The van der Waals surface area contributed by atoms with E-state index in [4.69, 9.17) is 16.9 Å². The summed E-state index contributed by atoms with van der Waals surface area (Å²) in [5.74, 6) is 0.130. The quantitative estimate of drug-likeness (QED) is 0.909. The SMILES string of the molecule is CNc1ncc(C(=O)Nc2ccccc2C#N)cc1Cl. The van der Waals surface area contributed by atoms with Gasteiger partial charge in [-0.15, -0.1) is 0 Å². The number of carbonyl (C=O) groups excluding carboxylic acids is 1. The van der Waals surface area contributed by atoms with E-state index < -0.39 is 0 Å². The van der Waals surface area contributed by atoms with Crippen molar-refractivity contribution in [3.8, 4) is 6.07 Å². The molecule has 0 saturated carbocycles. The highest BCUT2D eigenvalue weighted by atomic mass is 35.5. The van der Waals surface area contributed by atoms with Crippen LogP contribution in [0.5, 0.6) is 0 Å². The molecule has 0 aliphatic rings. The van der Waals surface area contributed by atoms with E-state index in [1.165, 1.54) is 12.3 Å². The minimum Gasteiger partial charge on any atom is -0.372 e. The number of para-hydroxylation sites is 1. The Labute approximate surface area is 121 Å². The summed E-state index contributed by atoms with van der Waals surface area (Å²) in [6.45, 7) is 0. The number of benzene rings is 1. The van der Waals surface area contributed by atoms with Crippen molar-refractivity contribution >= 4 is 29.0 Å². The Morgan fingerprint density at radius 2 is 2.15 bits per heavy atom. The molecule has 6 heteroatoms. The fourth-order valence-electron chi connectivity index (χ4n) is 1.63. The molecule has 100 valence electrons. The van der Waals surface area contributed by atoms with Crippen molar-refractivity contribution in [3.63, 3.8) is 0 Å². The number of hydrogen-bond acceptors (Lipinski definition) is 4. The van der Waals surface area contributed by atoms with Gasteiger partial charge in [0.15, 0.2) is 0 Å². The second-order valence-electron chi connectivity index (χ2n) is 3.92. The normalized spacial score (nSPS) is 9.65. The average Bonchev–Trinajstić information content (AvgIpc) is 2.47. The second kappa shape index (κ2) is 6.04. The van der Waals surface area contributed by atoms with Gasteiger partial charge < -0.3 is 10.6 Å². The van der Waals surface area contributed by atoms with Crippen LogP contribution in [0.3, 0.4) is 0 Å². The van der Waals surface area contributed by atoms with Crippen LogP contribution in [0.2, 0.25) is 5.02 Å². The molecule has 0 saturated heterocycles. The van der Waals surface area contributed by atoms with Gasteiger partial charge in [-0.05, 0) is 18.2 Å². The van der Waals surface area contributed by atoms with Crippen LogP contribution in [0.25, 0.3) is 0 Å². The van der Waals surface area contributed by atoms with Gasteiger partial charge >= 0.3 is 0 Å². The minimum absolute atomic E-state index is 0.321. The van der Waals surface area contributed by atoms with Gasteiger partial charge in [-0.3, -0.25) is 4.79 Å². The highest BCUT2D eigenvalue weighted by Gasteiger charge is 2.11. The zero-order chi connectivity index (χ0) is 14.5. The van der Waals surface area contributed by atoms with Crippen molar-refractivity contribution in [2.45, 2.75) is 0 Å². The van der Waals surface area contributed by atoms with E-state index in [-0.39, 0.29) is 5.91 Å². The van der Waals surface area contributed by atoms with Gasteiger partial charge in [-0.25, -0.2) is 4.98 Å². The molecule has 2 N–H and O–H groups in total. The number of pyridine rings is 1. The molecule has 0 fully saturated rings. The van der Waals surface area contributed by atoms with Gasteiger partial charge in [0.25, 0.3) is 5.91 Å².